The lowest BCUT2D eigenvalue weighted by atomic mass is 10.1. The summed E-state index contributed by atoms with van der Waals surface area (Å²) in [6.45, 7) is 1.60. The molecule has 1 aliphatic heterocycles. The third kappa shape index (κ3) is 2.26. The summed E-state index contributed by atoms with van der Waals surface area (Å²) in [4.78, 5) is 35.6. The first-order valence-corrected chi connectivity index (χ1v) is 6.19. The summed E-state index contributed by atoms with van der Waals surface area (Å²) in [5.74, 6) is -0.324. The molecule has 0 aliphatic carbocycles. The van der Waals surface area contributed by atoms with Gasteiger partial charge in [-0.1, -0.05) is 0 Å². The summed E-state index contributed by atoms with van der Waals surface area (Å²) < 4.78 is 0. The van der Waals surface area contributed by atoms with Crippen LogP contribution in [-0.2, 0) is 11.2 Å². The number of carbonyl (C=O) groups excluding carboxylic acids is 1. The van der Waals surface area contributed by atoms with E-state index in [4.69, 9.17) is 0 Å². The van der Waals surface area contributed by atoms with Crippen LogP contribution in [0.2, 0.25) is 0 Å². The van der Waals surface area contributed by atoms with Gasteiger partial charge in [-0.05, 0) is 6.42 Å². The number of hydrogen-bond donors (Lipinski definition) is 0. The summed E-state index contributed by atoms with van der Waals surface area (Å²) in [6, 6.07) is 0.926. The predicted molar refractivity (Wildman–Crippen MR) is 75.8 cm³/mol. The molecule has 1 aromatic carbocycles. The molecule has 1 aliphatic rings. The highest BCUT2D eigenvalue weighted by atomic mass is 16.6. The highest BCUT2D eigenvalue weighted by molar-refractivity contribution is 5.99. The Kier molecular flexibility index (Phi) is 3.50. The molecule has 1 heterocycles. The van der Waals surface area contributed by atoms with E-state index in [1.54, 1.807) is 19.0 Å². The fraction of sp³-hybridized carbons (Fsp3) is 0.417. The topological polar surface area (TPSA) is 110 Å². The fourth-order valence-electron chi connectivity index (χ4n) is 2.65. The standard InChI is InChI=1S/C12H14N4O5/c1-7(17)14-5-4-8-11(13(2)3)9(15(18)19)6-10(12(8)14)16(20)21/h6H,4-5H2,1-3H3. The molecule has 21 heavy (non-hydrogen) atoms. The van der Waals surface area contributed by atoms with Crippen molar-refractivity contribution in [1.82, 2.24) is 0 Å². The van der Waals surface area contributed by atoms with E-state index in [2.05, 4.69) is 0 Å². The Hall–Kier alpha value is -2.71. The van der Waals surface area contributed by atoms with Crippen molar-refractivity contribution < 1.29 is 14.6 Å². The minimum atomic E-state index is -0.688. The van der Waals surface area contributed by atoms with Crippen molar-refractivity contribution in [3.8, 4) is 0 Å². The van der Waals surface area contributed by atoms with Gasteiger partial charge in [0.15, 0.2) is 0 Å². The molecule has 0 bridgehead atoms. The second-order valence-electron chi connectivity index (χ2n) is 4.92. The molecule has 0 unspecified atom stereocenters. The molecule has 0 fully saturated rings. The molecule has 2 rings (SSSR count). The Balaban J connectivity index is 2.85. The summed E-state index contributed by atoms with van der Waals surface area (Å²) in [7, 11) is 3.26. The monoisotopic (exact) mass is 294 g/mol. The van der Waals surface area contributed by atoms with Crippen molar-refractivity contribution in [2.45, 2.75) is 13.3 Å². The third-order valence-corrected chi connectivity index (χ3v) is 3.41. The molecule has 0 aromatic heterocycles. The van der Waals surface area contributed by atoms with Crippen molar-refractivity contribution in [3.05, 3.63) is 31.9 Å². The van der Waals surface area contributed by atoms with Crippen molar-refractivity contribution >= 4 is 28.7 Å². The van der Waals surface area contributed by atoms with Gasteiger partial charge in [0, 0.05) is 33.1 Å². The highest BCUT2D eigenvalue weighted by Gasteiger charge is 2.38. The zero-order chi connectivity index (χ0) is 15.9. The lowest BCUT2D eigenvalue weighted by Crippen LogP contribution is -2.26. The number of anilines is 2. The zero-order valence-corrected chi connectivity index (χ0v) is 11.8. The van der Waals surface area contributed by atoms with Crippen molar-refractivity contribution in [2.24, 2.45) is 0 Å². The third-order valence-electron chi connectivity index (χ3n) is 3.41. The quantitative estimate of drug-likeness (QED) is 0.616. The lowest BCUT2D eigenvalue weighted by molar-refractivity contribution is -0.393. The van der Waals surface area contributed by atoms with E-state index in [9.17, 15) is 25.0 Å². The Morgan fingerprint density at radius 2 is 1.81 bits per heavy atom. The summed E-state index contributed by atoms with van der Waals surface area (Å²) in [5, 5.41) is 22.4. The summed E-state index contributed by atoms with van der Waals surface area (Å²) in [5.41, 5.74) is 0.216. The van der Waals surface area contributed by atoms with E-state index in [0.29, 0.717) is 17.7 Å². The molecule has 0 saturated heterocycles. The molecule has 9 nitrogen and oxygen atoms in total. The van der Waals surface area contributed by atoms with E-state index in [0.717, 1.165) is 6.07 Å². The van der Waals surface area contributed by atoms with Gasteiger partial charge in [0.25, 0.3) is 11.4 Å². The molecule has 0 spiro atoms. The van der Waals surface area contributed by atoms with Crippen LogP contribution in [0.3, 0.4) is 0 Å². The number of nitro groups is 2. The van der Waals surface area contributed by atoms with Gasteiger partial charge in [-0.15, -0.1) is 0 Å². The number of hydrogen-bond acceptors (Lipinski definition) is 6. The van der Waals surface area contributed by atoms with E-state index in [1.807, 2.05) is 0 Å². The zero-order valence-electron chi connectivity index (χ0n) is 11.8. The van der Waals surface area contributed by atoms with Crippen LogP contribution in [0.1, 0.15) is 12.5 Å². The van der Waals surface area contributed by atoms with E-state index < -0.39 is 15.5 Å². The molecular weight excluding hydrogens is 280 g/mol. The number of amides is 1. The van der Waals surface area contributed by atoms with Gasteiger partial charge < -0.3 is 9.80 Å². The smallest absolute Gasteiger partial charge is 0.300 e. The van der Waals surface area contributed by atoms with Crippen LogP contribution in [0.4, 0.5) is 22.7 Å². The number of rotatable bonds is 3. The van der Waals surface area contributed by atoms with Crippen LogP contribution in [0, 0.1) is 20.2 Å². The molecule has 0 radical (unpaired) electrons. The maximum atomic E-state index is 11.6. The number of fused-ring (bicyclic) bond motifs is 1. The molecule has 9 heteroatoms. The number of nitrogens with zero attached hydrogens (tertiary/aromatic N) is 4. The molecule has 0 N–H and O–H groups in total. The number of benzene rings is 1. The molecular formula is C12H14N4O5. The Labute approximate surface area is 120 Å². The van der Waals surface area contributed by atoms with Crippen molar-refractivity contribution in [1.29, 1.82) is 0 Å². The summed E-state index contributed by atoms with van der Waals surface area (Å²) in [6.07, 6.45) is 0.352. The Morgan fingerprint density at radius 1 is 1.24 bits per heavy atom. The van der Waals surface area contributed by atoms with Gasteiger partial charge in [-0.2, -0.15) is 0 Å². The van der Waals surface area contributed by atoms with E-state index >= 15 is 0 Å². The first-order chi connectivity index (χ1) is 9.75. The first-order valence-electron chi connectivity index (χ1n) is 6.19. The fourth-order valence-corrected chi connectivity index (χ4v) is 2.65. The first kappa shape index (κ1) is 14.7. The van der Waals surface area contributed by atoms with Crippen molar-refractivity contribution in [3.63, 3.8) is 0 Å². The van der Waals surface area contributed by atoms with Gasteiger partial charge in [0.1, 0.15) is 11.4 Å². The van der Waals surface area contributed by atoms with Crippen LogP contribution in [0.5, 0.6) is 0 Å². The predicted octanol–water partition coefficient (Wildman–Crippen LogP) is 1.48. The van der Waals surface area contributed by atoms with E-state index in [1.165, 1.54) is 11.8 Å². The normalized spacial score (nSPS) is 13.0. The molecule has 1 aromatic rings. The average Bonchev–Trinajstić information content (AvgIpc) is 2.80. The van der Waals surface area contributed by atoms with Gasteiger partial charge in [-0.25, -0.2) is 0 Å². The second kappa shape index (κ2) is 5.00. The maximum Gasteiger partial charge on any atom is 0.300 e. The highest BCUT2D eigenvalue weighted by Crippen LogP contribution is 2.47. The van der Waals surface area contributed by atoms with Gasteiger partial charge in [-0.3, -0.25) is 25.0 Å². The largest absolute Gasteiger partial charge is 0.372 e. The van der Waals surface area contributed by atoms with Gasteiger partial charge >= 0.3 is 0 Å². The maximum absolute atomic E-state index is 11.6. The minimum absolute atomic E-state index is 0.168. The molecule has 1 amide bonds. The summed E-state index contributed by atoms with van der Waals surface area (Å²) >= 11 is 0. The average molecular weight is 294 g/mol. The minimum Gasteiger partial charge on any atom is -0.372 e. The number of nitro benzene ring substituents is 2. The van der Waals surface area contributed by atoms with Crippen molar-refractivity contribution in [2.75, 3.05) is 30.4 Å². The van der Waals surface area contributed by atoms with Crippen LogP contribution in [-0.4, -0.2) is 36.4 Å². The lowest BCUT2D eigenvalue weighted by Gasteiger charge is -2.19. The molecule has 0 atom stereocenters. The Bertz CT molecular complexity index is 656. The van der Waals surface area contributed by atoms with Crippen LogP contribution < -0.4 is 9.80 Å². The molecule has 0 saturated carbocycles. The van der Waals surface area contributed by atoms with E-state index in [-0.39, 0.29) is 23.8 Å². The Morgan fingerprint density at radius 3 is 2.24 bits per heavy atom. The number of carbonyl (C=O) groups is 1. The SMILES string of the molecule is CC(=O)N1CCc2c(N(C)C)c([N+](=O)[O-])cc([N+](=O)[O-])c21. The van der Waals surface area contributed by atoms with Crippen LogP contribution in [0.25, 0.3) is 0 Å². The molecule has 112 valence electrons. The van der Waals surface area contributed by atoms with Gasteiger partial charge in [0.05, 0.1) is 15.9 Å². The second-order valence-corrected chi connectivity index (χ2v) is 4.92. The van der Waals surface area contributed by atoms with Crippen LogP contribution in [0.15, 0.2) is 6.07 Å². The van der Waals surface area contributed by atoms with Gasteiger partial charge in [0.2, 0.25) is 5.91 Å². The van der Waals surface area contributed by atoms with Crippen LogP contribution >= 0.6 is 0 Å².